The van der Waals surface area contributed by atoms with Crippen LogP contribution in [-0.4, -0.2) is 46.1 Å². The van der Waals surface area contributed by atoms with Crippen molar-refractivity contribution >= 4 is 0 Å². The summed E-state index contributed by atoms with van der Waals surface area (Å²) in [5.74, 6) is 2.78. The van der Waals surface area contributed by atoms with Gasteiger partial charge in [0.2, 0.25) is 0 Å². The maximum atomic E-state index is 8.98. The summed E-state index contributed by atoms with van der Waals surface area (Å²) in [7, 11) is 3.24. The normalized spacial score (nSPS) is 19.4. The van der Waals surface area contributed by atoms with Crippen LogP contribution in [0.1, 0.15) is 68.9 Å². The smallest absolute Gasteiger partial charge is 0.188 e. The average Bonchev–Trinajstić information content (AvgIpc) is 2.87. The Bertz CT molecular complexity index is 852. The average molecular weight is 473 g/mol. The molecule has 0 radical (unpaired) electrons. The van der Waals surface area contributed by atoms with Crippen LogP contribution in [0.5, 0.6) is 17.2 Å². The third kappa shape index (κ3) is 6.87. The van der Waals surface area contributed by atoms with E-state index in [1.807, 2.05) is 24.3 Å². The molecule has 0 saturated heterocycles. The lowest BCUT2D eigenvalue weighted by molar-refractivity contribution is 0.0505. The number of hydrogen-bond donors (Lipinski definition) is 1. The molecule has 0 aliphatic carbocycles. The molecule has 1 aliphatic heterocycles. The molecule has 2 aromatic rings. The van der Waals surface area contributed by atoms with Gasteiger partial charge in [0, 0.05) is 38.2 Å². The van der Waals surface area contributed by atoms with Gasteiger partial charge in [-0.1, -0.05) is 57.2 Å². The number of unbranched alkanes of at least 4 members (excludes halogenated alkanes) is 5. The van der Waals surface area contributed by atoms with Gasteiger partial charge >= 0.3 is 0 Å². The maximum Gasteiger partial charge on any atom is 0.188 e. The zero-order valence-corrected chi connectivity index (χ0v) is 20.9. The van der Waals surface area contributed by atoms with Crippen LogP contribution in [0.3, 0.4) is 0 Å². The minimum Gasteiger partial charge on any atom is -0.492 e. The standard InChI is InChI=1S/C28H40O6/c1-28(22-11-13-23(14-12-22)33-20-30-2)19-32-27-18-24(34-21-31-3)15-16-25(27)26(28)10-8-6-4-5-7-9-17-29/h11-16,18,26,29H,4-10,17,19-21H2,1-3H3. The van der Waals surface area contributed by atoms with Crippen LogP contribution in [0.2, 0.25) is 0 Å². The summed E-state index contributed by atoms with van der Waals surface area (Å²) in [5.41, 5.74) is 2.33. The van der Waals surface area contributed by atoms with Crippen LogP contribution >= 0.6 is 0 Å². The predicted octanol–water partition coefficient (Wildman–Crippen LogP) is 5.81. The van der Waals surface area contributed by atoms with Gasteiger partial charge in [0.1, 0.15) is 17.2 Å². The zero-order chi connectivity index (χ0) is 24.2. The first-order chi connectivity index (χ1) is 16.6. The molecule has 0 aromatic heterocycles. The van der Waals surface area contributed by atoms with Crippen LogP contribution in [-0.2, 0) is 14.9 Å². The molecule has 188 valence electrons. The Balaban J connectivity index is 1.78. The van der Waals surface area contributed by atoms with Crippen molar-refractivity contribution in [3.05, 3.63) is 53.6 Å². The summed E-state index contributed by atoms with van der Waals surface area (Å²) < 4.78 is 27.6. The number of fused-ring (bicyclic) bond motifs is 1. The summed E-state index contributed by atoms with van der Waals surface area (Å²) in [6, 6.07) is 14.5. The summed E-state index contributed by atoms with van der Waals surface area (Å²) in [6.45, 7) is 3.66. The molecule has 3 rings (SSSR count). The molecule has 2 aromatic carbocycles. The molecular formula is C28H40O6. The highest BCUT2D eigenvalue weighted by atomic mass is 16.7. The number of aliphatic hydroxyl groups is 1. The first-order valence-electron chi connectivity index (χ1n) is 12.3. The van der Waals surface area contributed by atoms with Crippen molar-refractivity contribution in [1.82, 2.24) is 0 Å². The van der Waals surface area contributed by atoms with E-state index in [1.54, 1.807) is 14.2 Å². The summed E-state index contributed by atoms with van der Waals surface area (Å²) in [4.78, 5) is 0. The molecule has 0 fully saturated rings. The summed E-state index contributed by atoms with van der Waals surface area (Å²) in [6.07, 6.45) is 7.86. The highest BCUT2D eigenvalue weighted by molar-refractivity contribution is 5.48. The third-order valence-electron chi connectivity index (χ3n) is 6.76. The van der Waals surface area contributed by atoms with E-state index in [0.717, 1.165) is 42.9 Å². The van der Waals surface area contributed by atoms with Gasteiger partial charge in [-0.3, -0.25) is 0 Å². The minimum atomic E-state index is -0.154. The van der Waals surface area contributed by atoms with E-state index in [9.17, 15) is 0 Å². The first-order valence-corrected chi connectivity index (χ1v) is 12.3. The van der Waals surface area contributed by atoms with E-state index < -0.39 is 0 Å². The van der Waals surface area contributed by atoms with Gasteiger partial charge in [-0.2, -0.15) is 0 Å². The summed E-state index contributed by atoms with van der Waals surface area (Å²) in [5, 5.41) is 8.98. The molecule has 6 nitrogen and oxygen atoms in total. The topological polar surface area (TPSA) is 66.4 Å². The Morgan fingerprint density at radius 1 is 0.853 bits per heavy atom. The SMILES string of the molecule is COCOc1ccc(C2(C)COc3cc(OCOC)ccc3C2CCCCCCCCO)cc1. The van der Waals surface area contributed by atoms with Gasteiger partial charge in [0.15, 0.2) is 13.6 Å². The Kier molecular flexibility index (Phi) is 10.5. The Morgan fingerprint density at radius 3 is 2.15 bits per heavy atom. The highest BCUT2D eigenvalue weighted by Gasteiger charge is 2.42. The molecular weight excluding hydrogens is 432 g/mol. The fraction of sp³-hybridized carbons (Fsp3) is 0.571. The first kappa shape index (κ1) is 26.3. The molecule has 0 spiro atoms. The molecule has 6 heteroatoms. The quantitative estimate of drug-likeness (QED) is 0.261. The zero-order valence-electron chi connectivity index (χ0n) is 20.9. The fourth-order valence-corrected chi connectivity index (χ4v) is 4.80. The Labute approximate surface area is 204 Å². The molecule has 2 unspecified atom stereocenters. The van der Waals surface area contributed by atoms with Crippen LogP contribution in [0, 0.1) is 0 Å². The second-order valence-electron chi connectivity index (χ2n) is 9.22. The van der Waals surface area contributed by atoms with E-state index in [1.165, 1.54) is 30.4 Å². The maximum absolute atomic E-state index is 8.98. The lowest BCUT2D eigenvalue weighted by Gasteiger charge is -2.43. The Hall–Kier alpha value is -2.28. The molecule has 0 bridgehead atoms. The number of methoxy groups -OCH3 is 2. The summed E-state index contributed by atoms with van der Waals surface area (Å²) >= 11 is 0. The van der Waals surface area contributed by atoms with E-state index >= 15 is 0 Å². The van der Waals surface area contributed by atoms with Crippen LogP contribution in [0.25, 0.3) is 0 Å². The van der Waals surface area contributed by atoms with E-state index in [4.69, 9.17) is 28.8 Å². The van der Waals surface area contributed by atoms with Crippen molar-refractivity contribution in [2.24, 2.45) is 0 Å². The number of ether oxygens (including phenoxy) is 5. The van der Waals surface area contributed by atoms with Gasteiger partial charge in [0.05, 0.1) is 6.61 Å². The van der Waals surface area contributed by atoms with Gasteiger partial charge in [-0.05, 0) is 42.2 Å². The minimum absolute atomic E-state index is 0.154. The van der Waals surface area contributed by atoms with Crippen molar-refractivity contribution in [1.29, 1.82) is 0 Å². The number of hydrogen-bond acceptors (Lipinski definition) is 6. The molecule has 0 saturated carbocycles. The predicted molar refractivity (Wildman–Crippen MR) is 133 cm³/mol. The second-order valence-corrected chi connectivity index (χ2v) is 9.22. The van der Waals surface area contributed by atoms with E-state index in [0.29, 0.717) is 19.1 Å². The van der Waals surface area contributed by atoms with Crippen molar-refractivity contribution < 1.29 is 28.8 Å². The van der Waals surface area contributed by atoms with Crippen LogP contribution in [0.4, 0.5) is 0 Å². The Morgan fingerprint density at radius 2 is 1.47 bits per heavy atom. The molecule has 34 heavy (non-hydrogen) atoms. The van der Waals surface area contributed by atoms with E-state index in [-0.39, 0.29) is 19.0 Å². The van der Waals surface area contributed by atoms with Crippen molar-refractivity contribution in [3.63, 3.8) is 0 Å². The largest absolute Gasteiger partial charge is 0.492 e. The molecule has 1 aliphatic rings. The number of aliphatic hydroxyl groups excluding tert-OH is 1. The third-order valence-corrected chi connectivity index (χ3v) is 6.76. The lowest BCUT2D eigenvalue weighted by Crippen LogP contribution is -2.40. The van der Waals surface area contributed by atoms with E-state index in [2.05, 4.69) is 25.1 Å². The van der Waals surface area contributed by atoms with Gasteiger partial charge in [-0.25, -0.2) is 0 Å². The fourth-order valence-electron chi connectivity index (χ4n) is 4.80. The molecule has 1 heterocycles. The molecule has 0 amide bonds. The van der Waals surface area contributed by atoms with Crippen LogP contribution in [0.15, 0.2) is 42.5 Å². The monoisotopic (exact) mass is 472 g/mol. The van der Waals surface area contributed by atoms with Crippen molar-refractivity contribution in [2.75, 3.05) is 41.0 Å². The van der Waals surface area contributed by atoms with Gasteiger partial charge < -0.3 is 28.8 Å². The molecule has 1 N–H and O–H groups in total. The second kappa shape index (κ2) is 13.6. The van der Waals surface area contributed by atoms with Crippen molar-refractivity contribution in [3.8, 4) is 17.2 Å². The van der Waals surface area contributed by atoms with Gasteiger partial charge in [0.25, 0.3) is 0 Å². The number of rotatable bonds is 15. The van der Waals surface area contributed by atoms with Gasteiger partial charge in [-0.15, -0.1) is 0 Å². The molecule has 2 atom stereocenters. The van der Waals surface area contributed by atoms with Crippen molar-refractivity contribution in [2.45, 2.75) is 63.2 Å². The van der Waals surface area contributed by atoms with Crippen LogP contribution < -0.4 is 14.2 Å². The number of benzene rings is 2. The highest BCUT2D eigenvalue weighted by Crippen LogP contribution is 2.50. The lowest BCUT2D eigenvalue weighted by atomic mass is 9.66.